The maximum atomic E-state index is 12.5. The molecule has 1 fully saturated rings. The molecule has 128 valence electrons. The predicted octanol–water partition coefficient (Wildman–Crippen LogP) is 4.01. The smallest absolute Gasteiger partial charge is 0.259 e. The summed E-state index contributed by atoms with van der Waals surface area (Å²) in [6, 6.07) is 7.41. The van der Waals surface area contributed by atoms with E-state index in [4.69, 9.17) is 13.9 Å². The van der Waals surface area contributed by atoms with Gasteiger partial charge in [-0.15, -0.1) is 0 Å². The van der Waals surface area contributed by atoms with Crippen molar-refractivity contribution < 1.29 is 18.7 Å². The number of hydrogen-bond donors (Lipinski definition) is 1. The second-order valence-electron chi connectivity index (χ2n) is 6.14. The predicted molar refractivity (Wildman–Crippen MR) is 91.8 cm³/mol. The molecule has 24 heavy (non-hydrogen) atoms. The van der Waals surface area contributed by atoms with E-state index in [-0.39, 0.29) is 12.0 Å². The van der Waals surface area contributed by atoms with Crippen molar-refractivity contribution in [2.75, 3.05) is 18.5 Å². The van der Waals surface area contributed by atoms with Gasteiger partial charge in [0.25, 0.3) is 5.91 Å². The Hall–Kier alpha value is -2.27. The molecule has 1 amide bonds. The second-order valence-corrected chi connectivity index (χ2v) is 6.14. The third-order valence-electron chi connectivity index (χ3n) is 4.34. The number of amides is 1. The molecule has 0 spiro atoms. The van der Waals surface area contributed by atoms with E-state index >= 15 is 0 Å². The highest BCUT2D eigenvalue weighted by molar-refractivity contribution is 6.06. The summed E-state index contributed by atoms with van der Waals surface area (Å²) in [4.78, 5) is 12.5. The minimum atomic E-state index is -0.168. The number of aryl methyl sites for hydroxylation is 2. The lowest BCUT2D eigenvalue weighted by Gasteiger charge is -2.12. The van der Waals surface area contributed by atoms with Gasteiger partial charge in [0.2, 0.25) is 0 Å². The average molecular weight is 329 g/mol. The number of nitrogens with one attached hydrogen (secondary N) is 1. The summed E-state index contributed by atoms with van der Waals surface area (Å²) >= 11 is 0. The quantitative estimate of drug-likeness (QED) is 0.900. The Bertz CT molecular complexity index is 729. The van der Waals surface area contributed by atoms with Gasteiger partial charge in [-0.3, -0.25) is 4.79 Å². The molecule has 1 saturated heterocycles. The number of carbonyl (C=O) groups is 1. The molecule has 1 N–H and O–H groups in total. The number of furan rings is 1. The van der Waals surface area contributed by atoms with Gasteiger partial charge >= 0.3 is 0 Å². The molecule has 5 nitrogen and oxygen atoms in total. The van der Waals surface area contributed by atoms with Crippen LogP contribution in [0.2, 0.25) is 0 Å². The molecule has 1 atom stereocenters. The summed E-state index contributed by atoms with van der Waals surface area (Å²) in [7, 11) is 0. The fourth-order valence-corrected chi connectivity index (χ4v) is 2.95. The Morgan fingerprint density at radius 2 is 2.12 bits per heavy atom. The maximum absolute atomic E-state index is 12.5. The van der Waals surface area contributed by atoms with Crippen LogP contribution < -0.4 is 10.1 Å². The molecule has 0 saturated carbocycles. The van der Waals surface area contributed by atoms with Gasteiger partial charge in [0, 0.05) is 23.9 Å². The van der Waals surface area contributed by atoms with Crippen LogP contribution in [0.15, 0.2) is 28.7 Å². The van der Waals surface area contributed by atoms with E-state index in [0.29, 0.717) is 23.6 Å². The third-order valence-corrected chi connectivity index (χ3v) is 4.34. The first-order chi connectivity index (χ1) is 11.5. The van der Waals surface area contributed by atoms with Gasteiger partial charge in [-0.25, -0.2) is 0 Å². The van der Waals surface area contributed by atoms with Crippen LogP contribution in [0.1, 0.15) is 40.3 Å². The lowest BCUT2D eigenvalue weighted by molar-refractivity contribution is 0.0680. The van der Waals surface area contributed by atoms with E-state index < -0.39 is 0 Å². The molecular weight excluding hydrogens is 306 g/mol. The highest BCUT2D eigenvalue weighted by atomic mass is 16.5. The van der Waals surface area contributed by atoms with Crippen molar-refractivity contribution in [2.45, 2.75) is 39.7 Å². The molecule has 2 aromatic rings. The zero-order valence-electron chi connectivity index (χ0n) is 14.3. The van der Waals surface area contributed by atoms with E-state index in [1.807, 2.05) is 38.1 Å². The van der Waals surface area contributed by atoms with E-state index in [9.17, 15) is 4.79 Å². The first-order valence-electron chi connectivity index (χ1n) is 8.27. The number of benzene rings is 1. The first-order valence-corrected chi connectivity index (χ1v) is 8.27. The molecule has 1 aromatic carbocycles. The SMILES string of the molecule is Cc1oc(C)c(C(=O)Nc2cccc(OCC3CCCO3)c2)c1C. The normalized spacial score (nSPS) is 17.0. The molecular formula is C19H23NO4. The summed E-state index contributed by atoms with van der Waals surface area (Å²) in [5.41, 5.74) is 2.16. The van der Waals surface area contributed by atoms with Crippen molar-refractivity contribution >= 4 is 11.6 Å². The molecule has 1 aromatic heterocycles. The minimum absolute atomic E-state index is 0.168. The van der Waals surface area contributed by atoms with E-state index in [1.54, 1.807) is 6.92 Å². The van der Waals surface area contributed by atoms with Crippen molar-refractivity contribution in [3.8, 4) is 5.75 Å². The minimum Gasteiger partial charge on any atom is -0.491 e. The van der Waals surface area contributed by atoms with E-state index in [2.05, 4.69) is 5.32 Å². The summed E-state index contributed by atoms with van der Waals surface area (Å²) in [6.07, 6.45) is 2.30. The van der Waals surface area contributed by atoms with Crippen LogP contribution in [-0.2, 0) is 4.74 Å². The monoisotopic (exact) mass is 329 g/mol. The van der Waals surface area contributed by atoms with Gasteiger partial charge in [0.15, 0.2) is 0 Å². The fraction of sp³-hybridized carbons (Fsp3) is 0.421. The molecule has 2 heterocycles. The second kappa shape index (κ2) is 7.09. The van der Waals surface area contributed by atoms with E-state index in [0.717, 1.165) is 36.5 Å². The van der Waals surface area contributed by atoms with Crippen molar-refractivity contribution in [1.82, 2.24) is 0 Å². The number of hydrogen-bond acceptors (Lipinski definition) is 4. The highest BCUT2D eigenvalue weighted by Gasteiger charge is 2.19. The number of anilines is 1. The van der Waals surface area contributed by atoms with Gasteiger partial charge < -0.3 is 19.2 Å². The highest BCUT2D eigenvalue weighted by Crippen LogP contribution is 2.24. The van der Waals surface area contributed by atoms with E-state index in [1.165, 1.54) is 0 Å². The molecule has 1 aliphatic heterocycles. The summed E-state index contributed by atoms with van der Waals surface area (Å²) in [5.74, 6) is 1.96. The molecule has 5 heteroatoms. The molecule has 3 rings (SSSR count). The summed E-state index contributed by atoms with van der Waals surface area (Å²) < 4.78 is 16.8. The van der Waals surface area contributed by atoms with Gasteiger partial charge in [-0.2, -0.15) is 0 Å². The molecule has 0 radical (unpaired) electrons. The Morgan fingerprint density at radius 3 is 2.79 bits per heavy atom. The van der Waals surface area contributed by atoms with Crippen molar-refractivity contribution in [2.24, 2.45) is 0 Å². The lowest BCUT2D eigenvalue weighted by Crippen LogP contribution is -2.16. The number of rotatable bonds is 5. The van der Waals surface area contributed by atoms with Gasteiger partial charge in [-0.1, -0.05) is 6.07 Å². The zero-order valence-corrected chi connectivity index (χ0v) is 14.3. The van der Waals surface area contributed by atoms with Crippen LogP contribution in [0.3, 0.4) is 0 Å². The zero-order chi connectivity index (χ0) is 17.1. The Morgan fingerprint density at radius 1 is 1.29 bits per heavy atom. The fourth-order valence-electron chi connectivity index (χ4n) is 2.95. The van der Waals surface area contributed by atoms with Gasteiger partial charge in [0.05, 0.1) is 11.7 Å². The third kappa shape index (κ3) is 3.62. The summed E-state index contributed by atoms with van der Waals surface area (Å²) in [5, 5.41) is 2.91. The van der Waals surface area contributed by atoms with Crippen LogP contribution >= 0.6 is 0 Å². The van der Waals surface area contributed by atoms with Crippen molar-refractivity contribution in [3.05, 3.63) is 46.9 Å². The number of carbonyl (C=O) groups excluding carboxylic acids is 1. The standard InChI is InChI=1S/C19H23NO4/c1-12-13(2)24-14(3)18(12)19(21)20-15-6-4-7-16(10-15)23-11-17-8-5-9-22-17/h4,6-7,10,17H,5,8-9,11H2,1-3H3,(H,20,21). The van der Waals surface area contributed by atoms with Crippen LogP contribution in [0.5, 0.6) is 5.75 Å². The molecule has 1 aliphatic rings. The summed E-state index contributed by atoms with van der Waals surface area (Å²) in [6.45, 7) is 6.90. The molecule has 0 aliphatic carbocycles. The Balaban J connectivity index is 1.66. The lowest BCUT2D eigenvalue weighted by atomic mass is 10.1. The van der Waals surface area contributed by atoms with Gasteiger partial charge in [0.1, 0.15) is 23.9 Å². The Kier molecular flexibility index (Phi) is 4.90. The maximum Gasteiger partial charge on any atom is 0.259 e. The number of ether oxygens (including phenoxy) is 2. The first kappa shape index (κ1) is 16.6. The van der Waals surface area contributed by atoms with Crippen LogP contribution in [0, 0.1) is 20.8 Å². The topological polar surface area (TPSA) is 60.7 Å². The van der Waals surface area contributed by atoms with Crippen LogP contribution in [0.4, 0.5) is 5.69 Å². The van der Waals surface area contributed by atoms with Gasteiger partial charge in [-0.05, 0) is 45.7 Å². The Labute approximate surface area is 141 Å². The molecule has 0 bridgehead atoms. The van der Waals surface area contributed by atoms with Crippen molar-refractivity contribution in [3.63, 3.8) is 0 Å². The van der Waals surface area contributed by atoms with Crippen LogP contribution in [0.25, 0.3) is 0 Å². The van der Waals surface area contributed by atoms with Crippen molar-refractivity contribution in [1.29, 1.82) is 0 Å². The molecule has 1 unspecified atom stereocenters. The largest absolute Gasteiger partial charge is 0.491 e. The van der Waals surface area contributed by atoms with Crippen LogP contribution in [-0.4, -0.2) is 25.2 Å². The average Bonchev–Trinajstić information content (AvgIpc) is 3.14.